The first kappa shape index (κ1) is 15.9. The second kappa shape index (κ2) is 6.54. The molecule has 0 radical (unpaired) electrons. The molecule has 0 aliphatic carbocycles. The Labute approximate surface area is 126 Å². The summed E-state index contributed by atoms with van der Waals surface area (Å²) in [6.07, 6.45) is 0. The minimum Gasteiger partial charge on any atom is -0.455 e. The molecule has 0 amide bonds. The molecule has 0 aromatic carbocycles. The number of carbonyl (C=O) groups is 1. The van der Waals surface area contributed by atoms with Gasteiger partial charge in [0.25, 0.3) is 0 Å². The molecule has 0 bridgehead atoms. The number of ether oxygens (including phenoxy) is 1. The summed E-state index contributed by atoms with van der Waals surface area (Å²) in [4.78, 5) is 21.2. The minimum atomic E-state index is -0.494. The van der Waals surface area contributed by atoms with Crippen LogP contribution >= 0.6 is 0 Å². The first-order chi connectivity index (χ1) is 9.83. The molecule has 5 heteroatoms. The number of hydrogen-bond acceptors (Lipinski definition) is 5. The number of hydrogen-bond donors (Lipinski definition) is 0. The molecular formula is C16H25N3O2. The summed E-state index contributed by atoms with van der Waals surface area (Å²) in [7, 11) is 2.14. The summed E-state index contributed by atoms with van der Waals surface area (Å²) in [6, 6.07) is 5.55. The maximum atomic E-state index is 12.0. The molecule has 0 atom stereocenters. The zero-order valence-corrected chi connectivity index (χ0v) is 13.4. The standard InChI is InChI=1S/C16H25N3O2/c1-16(2,3)21-15(20)14-7-5-6-13(17-14)12-19-10-8-18(4)9-11-19/h5-7H,8-12H2,1-4H3. The zero-order chi connectivity index (χ0) is 15.5. The maximum Gasteiger partial charge on any atom is 0.357 e. The van der Waals surface area contributed by atoms with Crippen LogP contribution in [0.15, 0.2) is 18.2 Å². The zero-order valence-electron chi connectivity index (χ0n) is 13.4. The van der Waals surface area contributed by atoms with Gasteiger partial charge in [-0.15, -0.1) is 0 Å². The average molecular weight is 291 g/mol. The maximum absolute atomic E-state index is 12.0. The van der Waals surface area contributed by atoms with Crippen molar-refractivity contribution in [1.82, 2.24) is 14.8 Å². The molecule has 2 heterocycles. The highest BCUT2D eigenvalue weighted by atomic mass is 16.6. The van der Waals surface area contributed by atoms with Gasteiger partial charge in [-0.05, 0) is 40.0 Å². The van der Waals surface area contributed by atoms with Crippen LogP contribution in [0.4, 0.5) is 0 Å². The first-order valence-corrected chi connectivity index (χ1v) is 7.44. The van der Waals surface area contributed by atoms with Gasteiger partial charge in [-0.3, -0.25) is 4.90 Å². The molecule has 0 N–H and O–H groups in total. The number of esters is 1. The van der Waals surface area contributed by atoms with E-state index in [1.165, 1.54) is 0 Å². The highest BCUT2D eigenvalue weighted by Crippen LogP contribution is 2.12. The SMILES string of the molecule is CN1CCN(Cc2cccc(C(=O)OC(C)(C)C)n2)CC1. The van der Waals surface area contributed by atoms with E-state index in [9.17, 15) is 4.79 Å². The number of rotatable bonds is 3. The molecule has 1 aromatic rings. The highest BCUT2D eigenvalue weighted by molar-refractivity contribution is 5.87. The smallest absolute Gasteiger partial charge is 0.357 e. The molecule has 21 heavy (non-hydrogen) atoms. The van der Waals surface area contributed by atoms with Crippen LogP contribution in [-0.2, 0) is 11.3 Å². The van der Waals surface area contributed by atoms with Gasteiger partial charge in [-0.2, -0.15) is 0 Å². The van der Waals surface area contributed by atoms with Gasteiger partial charge in [-0.1, -0.05) is 6.07 Å². The molecule has 1 aliphatic heterocycles. The van der Waals surface area contributed by atoms with Crippen molar-refractivity contribution in [2.24, 2.45) is 0 Å². The highest BCUT2D eigenvalue weighted by Gasteiger charge is 2.20. The molecule has 1 saturated heterocycles. The molecule has 116 valence electrons. The molecule has 0 spiro atoms. The summed E-state index contributed by atoms with van der Waals surface area (Å²) < 4.78 is 5.36. The van der Waals surface area contributed by atoms with E-state index in [0.29, 0.717) is 5.69 Å². The fourth-order valence-electron chi connectivity index (χ4n) is 2.25. The van der Waals surface area contributed by atoms with E-state index in [2.05, 4.69) is 21.8 Å². The van der Waals surface area contributed by atoms with E-state index in [1.807, 2.05) is 32.9 Å². The number of likely N-dealkylation sites (N-methyl/N-ethyl adjacent to an activating group) is 1. The molecule has 0 saturated carbocycles. The lowest BCUT2D eigenvalue weighted by molar-refractivity contribution is 0.00622. The Bertz CT molecular complexity index is 489. The number of carbonyl (C=O) groups excluding carboxylic acids is 1. The summed E-state index contributed by atoms with van der Waals surface area (Å²) in [5.74, 6) is -0.359. The van der Waals surface area contributed by atoms with Crippen LogP contribution in [0.25, 0.3) is 0 Å². The summed E-state index contributed by atoms with van der Waals surface area (Å²) >= 11 is 0. The van der Waals surface area contributed by atoms with Gasteiger partial charge in [0.1, 0.15) is 11.3 Å². The van der Waals surface area contributed by atoms with Crippen molar-refractivity contribution in [3.05, 3.63) is 29.6 Å². The fourth-order valence-corrected chi connectivity index (χ4v) is 2.25. The van der Waals surface area contributed by atoms with Crippen LogP contribution in [0, 0.1) is 0 Å². The predicted molar refractivity (Wildman–Crippen MR) is 82.2 cm³/mol. The van der Waals surface area contributed by atoms with Crippen molar-refractivity contribution in [3.8, 4) is 0 Å². The van der Waals surface area contributed by atoms with Gasteiger partial charge < -0.3 is 9.64 Å². The Hall–Kier alpha value is -1.46. The van der Waals surface area contributed by atoms with Crippen LogP contribution in [0.2, 0.25) is 0 Å². The minimum absolute atomic E-state index is 0.359. The number of aromatic nitrogens is 1. The Balaban J connectivity index is 1.99. The number of piperazine rings is 1. The third kappa shape index (κ3) is 5.10. The quantitative estimate of drug-likeness (QED) is 0.795. The van der Waals surface area contributed by atoms with Gasteiger partial charge in [0.15, 0.2) is 0 Å². The molecule has 0 unspecified atom stereocenters. The first-order valence-electron chi connectivity index (χ1n) is 7.44. The summed E-state index contributed by atoms with van der Waals surface area (Å²) in [5, 5.41) is 0. The van der Waals surface area contributed by atoms with Crippen LogP contribution in [-0.4, -0.2) is 59.6 Å². The van der Waals surface area contributed by atoms with E-state index in [4.69, 9.17) is 4.74 Å². The average Bonchev–Trinajstić information content (AvgIpc) is 2.40. The second-order valence-electron chi connectivity index (χ2n) is 6.60. The van der Waals surface area contributed by atoms with Crippen molar-refractivity contribution >= 4 is 5.97 Å². The summed E-state index contributed by atoms with van der Waals surface area (Å²) in [6.45, 7) is 10.6. The second-order valence-corrected chi connectivity index (χ2v) is 6.60. The van der Waals surface area contributed by atoms with E-state index < -0.39 is 5.60 Å². The fraction of sp³-hybridized carbons (Fsp3) is 0.625. The molecular weight excluding hydrogens is 266 g/mol. The van der Waals surface area contributed by atoms with Crippen molar-refractivity contribution < 1.29 is 9.53 Å². The van der Waals surface area contributed by atoms with Crippen molar-refractivity contribution in [2.75, 3.05) is 33.2 Å². The number of pyridine rings is 1. The van der Waals surface area contributed by atoms with Crippen LogP contribution < -0.4 is 0 Å². The third-order valence-corrected chi connectivity index (χ3v) is 3.40. The molecule has 1 aliphatic rings. The molecule has 5 nitrogen and oxygen atoms in total. The van der Waals surface area contributed by atoms with Gasteiger partial charge >= 0.3 is 5.97 Å². The topological polar surface area (TPSA) is 45.7 Å². The predicted octanol–water partition coefficient (Wildman–Crippen LogP) is 1.78. The lowest BCUT2D eigenvalue weighted by Crippen LogP contribution is -2.44. The third-order valence-electron chi connectivity index (χ3n) is 3.40. The molecule has 1 fully saturated rings. The Morgan fingerprint density at radius 3 is 2.52 bits per heavy atom. The Kier molecular flexibility index (Phi) is 4.96. The van der Waals surface area contributed by atoms with Crippen LogP contribution in [0.1, 0.15) is 37.0 Å². The van der Waals surface area contributed by atoms with Crippen molar-refractivity contribution in [2.45, 2.75) is 32.9 Å². The van der Waals surface area contributed by atoms with Gasteiger partial charge in [0, 0.05) is 32.7 Å². The molecule has 2 rings (SSSR count). The van der Waals surface area contributed by atoms with Crippen LogP contribution in [0.3, 0.4) is 0 Å². The van der Waals surface area contributed by atoms with E-state index in [0.717, 1.165) is 38.4 Å². The van der Waals surface area contributed by atoms with Crippen molar-refractivity contribution in [3.63, 3.8) is 0 Å². The van der Waals surface area contributed by atoms with E-state index >= 15 is 0 Å². The largest absolute Gasteiger partial charge is 0.455 e. The summed E-state index contributed by atoms with van der Waals surface area (Å²) in [5.41, 5.74) is 0.811. The van der Waals surface area contributed by atoms with Gasteiger partial charge in [0.2, 0.25) is 0 Å². The lowest BCUT2D eigenvalue weighted by Gasteiger charge is -2.32. The van der Waals surface area contributed by atoms with Gasteiger partial charge in [-0.25, -0.2) is 9.78 Å². The van der Waals surface area contributed by atoms with Crippen LogP contribution in [0.5, 0.6) is 0 Å². The Morgan fingerprint density at radius 2 is 1.90 bits per heavy atom. The normalized spacial score (nSPS) is 17.7. The Morgan fingerprint density at radius 1 is 1.24 bits per heavy atom. The van der Waals surface area contributed by atoms with Gasteiger partial charge in [0.05, 0.1) is 5.69 Å². The molecule has 1 aromatic heterocycles. The van der Waals surface area contributed by atoms with E-state index in [1.54, 1.807) is 6.07 Å². The van der Waals surface area contributed by atoms with Crippen molar-refractivity contribution in [1.29, 1.82) is 0 Å². The number of nitrogens with zero attached hydrogens (tertiary/aromatic N) is 3. The monoisotopic (exact) mass is 291 g/mol. The van der Waals surface area contributed by atoms with E-state index in [-0.39, 0.29) is 5.97 Å². The lowest BCUT2D eigenvalue weighted by atomic mass is 10.2.